The van der Waals surface area contributed by atoms with Crippen molar-refractivity contribution in [2.75, 3.05) is 0 Å². The number of hydrogen-bond acceptors (Lipinski definition) is 3. The second-order valence-corrected chi connectivity index (χ2v) is 5.03. The van der Waals surface area contributed by atoms with Gasteiger partial charge in [-0.3, -0.25) is 0 Å². The minimum Gasteiger partial charge on any atom is -0.508 e. The summed E-state index contributed by atoms with van der Waals surface area (Å²) in [6.07, 6.45) is 0. The second kappa shape index (κ2) is 6.22. The average molecular weight is 292 g/mol. The van der Waals surface area contributed by atoms with Crippen LogP contribution in [0.15, 0.2) is 72.8 Å². The highest BCUT2D eigenvalue weighted by Gasteiger charge is 2.00. The molecular weight excluding hydrogens is 276 g/mol. The predicted molar refractivity (Wildman–Crippen MR) is 86.0 cm³/mol. The Morgan fingerprint density at radius 2 is 1.05 bits per heavy atom. The summed E-state index contributed by atoms with van der Waals surface area (Å²) in [7, 11) is 0. The van der Waals surface area contributed by atoms with E-state index in [1.54, 1.807) is 24.3 Å². The first kappa shape index (κ1) is 14.0. The molecule has 0 aromatic heterocycles. The van der Waals surface area contributed by atoms with Crippen molar-refractivity contribution in [2.24, 2.45) is 0 Å². The predicted octanol–water partition coefficient (Wildman–Crippen LogP) is 4.34. The van der Waals surface area contributed by atoms with Crippen LogP contribution in [-0.2, 0) is 6.61 Å². The fraction of sp³-hybridized carbons (Fsp3) is 0.0526. The summed E-state index contributed by atoms with van der Waals surface area (Å²) in [5.41, 5.74) is 3.11. The van der Waals surface area contributed by atoms with Crippen molar-refractivity contribution in [3.63, 3.8) is 0 Å². The lowest BCUT2D eigenvalue weighted by Crippen LogP contribution is -1.94. The highest BCUT2D eigenvalue weighted by Crippen LogP contribution is 2.24. The van der Waals surface area contributed by atoms with Gasteiger partial charge in [-0.2, -0.15) is 0 Å². The Balaban J connectivity index is 1.66. The van der Waals surface area contributed by atoms with Crippen molar-refractivity contribution >= 4 is 0 Å². The summed E-state index contributed by atoms with van der Waals surface area (Å²) in [6, 6.07) is 21.9. The molecule has 0 amide bonds. The summed E-state index contributed by atoms with van der Waals surface area (Å²) in [5.74, 6) is 1.30. The highest BCUT2D eigenvalue weighted by molar-refractivity contribution is 5.64. The van der Waals surface area contributed by atoms with Gasteiger partial charge in [0.2, 0.25) is 0 Å². The van der Waals surface area contributed by atoms with E-state index in [1.807, 2.05) is 48.5 Å². The third-order valence-electron chi connectivity index (χ3n) is 3.40. The summed E-state index contributed by atoms with van der Waals surface area (Å²) in [6.45, 7) is 0.457. The number of rotatable bonds is 4. The molecule has 22 heavy (non-hydrogen) atoms. The molecule has 0 aliphatic carbocycles. The molecule has 0 saturated carbocycles. The molecular formula is C19H16O3. The molecule has 0 saturated heterocycles. The van der Waals surface area contributed by atoms with Crippen LogP contribution < -0.4 is 4.74 Å². The van der Waals surface area contributed by atoms with Gasteiger partial charge in [0.15, 0.2) is 0 Å². The van der Waals surface area contributed by atoms with Crippen LogP contribution in [0.3, 0.4) is 0 Å². The minimum atomic E-state index is 0.252. The van der Waals surface area contributed by atoms with Crippen LogP contribution in [0, 0.1) is 0 Å². The highest BCUT2D eigenvalue weighted by atomic mass is 16.5. The topological polar surface area (TPSA) is 49.7 Å². The normalized spacial score (nSPS) is 10.4. The number of phenolic OH excluding ortho intramolecular Hbond substituents is 2. The molecule has 3 rings (SSSR count). The van der Waals surface area contributed by atoms with Gasteiger partial charge in [-0.1, -0.05) is 36.4 Å². The molecule has 0 bridgehead atoms. The van der Waals surface area contributed by atoms with Crippen LogP contribution in [0.5, 0.6) is 17.2 Å². The largest absolute Gasteiger partial charge is 0.508 e. The first-order valence-corrected chi connectivity index (χ1v) is 7.01. The monoisotopic (exact) mass is 292 g/mol. The molecule has 0 aliphatic rings. The van der Waals surface area contributed by atoms with Crippen molar-refractivity contribution in [1.82, 2.24) is 0 Å². The van der Waals surface area contributed by atoms with Crippen LogP contribution in [0.2, 0.25) is 0 Å². The zero-order chi connectivity index (χ0) is 15.4. The van der Waals surface area contributed by atoms with E-state index < -0.39 is 0 Å². The standard InChI is InChI=1S/C19H16O3/c20-17-7-1-14(2-8-17)13-22-19-11-5-16(6-12-19)15-3-9-18(21)10-4-15/h1-12,20-21H,13H2. The van der Waals surface area contributed by atoms with E-state index in [0.717, 1.165) is 22.4 Å². The number of benzene rings is 3. The van der Waals surface area contributed by atoms with Crippen molar-refractivity contribution in [2.45, 2.75) is 6.61 Å². The molecule has 3 aromatic carbocycles. The molecule has 110 valence electrons. The zero-order valence-electron chi connectivity index (χ0n) is 11.9. The van der Waals surface area contributed by atoms with Gasteiger partial charge in [0.25, 0.3) is 0 Å². The van der Waals surface area contributed by atoms with Gasteiger partial charge < -0.3 is 14.9 Å². The van der Waals surface area contributed by atoms with E-state index >= 15 is 0 Å². The van der Waals surface area contributed by atoms with E-state index in [2.05, 4.69) is 0 Å². The zero-order valence-corrected chi connectivity index (χ0v) is 11.9. The maximum absolute atomic E-state index is 9.31. The third-order valence-corrected chi connectivity index (χ3v) is 3.40. The third kappa shape index (κ3) is 3.38. The van der Waals surface area contributed by atoms with Gasteiger partial charge in [0.1, 0.15) is 23.9 Å². The molecule has 2 N–H and O–H groups in total. The molecule has 0 spiro atoms. The maximum atomic E-state index is 9.31. The van der Waals surface area contributed by atoms with Crippen LogP contribution >= 0.6 is 0 Å². The Morgan fingerprint density at radius 3 is 1.59 bits per heavy atom. The second-order valence-electron chi connectivity index (χ2n) is 5.03. The summed E-state index contributed by atoms with van der Waals surface area (Å²) < 4.78 is 5.72. The van der Waals surface area contributed by atoms with Crippen molar-refractivity contribution in [3.8, 4) is 28.4 Å². The number of aromatic hydroxyl groups is 2. The van der Waals surface area contributed by atoms with Gasteiger partial charge in [-0.15, -0.1) is 0 Å². The Morgan fingerprint density at radius 1 is 0.591 bits per heavy atom. The van der Waals surface area contributed by atoms with E-state index in [9.17, 15) is 10.2 Å². The Bertz CT molecular complexity index is 729. The van der Waals surface area contributed by atoms with Gasteiger partial charge in [-0.05, 0) is 53.1 Å². The lowest BCUT2D eigenvalue weighted by molar-refractivity contribution is 0.306. The molecule has 0 radical (unpaired) electrons. The van der Waals surface area contributed by atoms with Crippen LogP contribution in [0.25, 0.3) is 11.1 Å². The smallest absolute Gasteiger partial charge is 0.119 e. The first-order chi connectivity index (χ1) is 10.7. The fourth-order valence-electron chi connectivity index (χ4n) is 2.16. The van der Waals surface area contributed by atoms with Crippen molar-refractivity contribution in [3.05, 3.63) is 78.4 Å². The number of phenols is 2. The lowest BCUT2D eigenvalue weighted by atomic mass is 10.1. The van der Waals surface area contributed by atoms with Crippen LogP contribution in [0.4, 0.5) is 0 Å². The van der Waals surface area contributed by atoms with Gasteiger partial charge in [-0.25, -0.2) is 0 Å². The maximum Gasteiger partial charge on any atom is 0.119 e. The summed E-state index contributed by atoms with van der Waals surface area (Å²) >= 11 is 0. The van der Waals surface area contributed by atoms with Crippen LogP contribution in [0.1, 0.15) is 5.56 Å². The average Bonchev–Trinajstić information content (AvgIpc) is 2.56. The lowest BCUT2D eigenvalue weighted by Gasteiger charge is -2.08. The van der Waals surface area contributed by atoms with Gasteiger partial charge in [0, 0.05) is 0 Å². The molecule has 3 nitrogen and oxygen atoms in total. The van der Waals surface area contributed by atoms with E-state index in [-0.39, 0.29) is 11.5 Å². The summed E-state index contributed by atoms with van der Waals surface area (Å²) in [5, 5.41) is 18.5. The molecule has 0 heterocycles. The van der Waals surface area contributed by atoms with Gasteiger partial charge in [0.05, 0.1) is 0 Å². The number of hydrogen-bond donors (Lipinski definition) is 2. The quantitative estimate of drug-likeness (QED) is 0.752. The van der Waals surface area contributed by atoms with E-state index in [4.69, 9.17) is 4.74 Å². The fourth-order valence-corrected chi connectivity index (χ4v) is 2.16. The minimum absolute atomic E-state index is 0.252. The molecule has 0 aliphatic heterocycles. The Hall–Kier alpha value is -2.94. The molecule has 3 heteroatoms. The molecule has 0 unspecified atom stereocenters. The van der Waals surface area contributed by atoms with Crippen molar-refractivity contribution in [1.29, 1.82) is 0 Å². The molecule has 0 fully saturated rings. The Kier molecular flexibility index (Phi) is 3.97. The molecule has 0 atom stereocenters. The van der Waals surface area contributed by atoms with E-state index in [0.29, 0.717) is 6.61 Å². The van der Waals surface area contributed by atoms with Gasteiger partial charge >= 0.3 is 0 Å². The van der Waals surface area contributed by atoms with E-state index in [1.165, 1.54) is 0 Å². The summed E-state index contributed by atoms with van der Waals surface area (Å²) in [4.78, 5) is 0. The number of ether oxygens (including phenoxy) is 1. The molecule has 3 aromatic rings. The Labute approximate surface area is 129 Å². The first-order valence-electron chi connectivity index (χ1n) is 7.01. The SMILES string of the molecule is Oc1ccc(COc2ccc(-c3ccc(O)cc3)cc2)cc1. The van der Waals surface area contributed by atoms with Crippen LogP contribution in [-0.4, -0.2) is 10.2 Å². The van der Waals surface area contributed by atoms with Crippen molar-refractivity contribution < 1.29 is 14.9 Å².